The SMILES string of the molecule is COCc1nn(-c2cc(F)c(F)c(F)c2)c(Cl)c1C=O. The maximum absolute atomic E-state index is 13.2. The van der Waals surface area contributed by atoms with E-state index < -0.39 is 17.5 Å². The molecule has 2 aromatic rings. The number of rotatable bonds is 4. The van der Waals surface area contributed by atoms with Crippen LogP contribution in [0.1, 0.15) is 16.1 Å². The van der Waals surface area contributed by atoms with Crippen LogP contribution >= 0.6 is 11.6 Å². The Morgan fingerprint density at radius 1 is 1.35 bits per heavy atom. The van der Waals surface area contributed by atoms with E-state index in [1.165, 1.54) is 7.11 Å². The number of halogens is 4. The van der Waals surface area contributed by atoms with Crippen molar-refractivity contribution < 1.29 is 22.7 Å². The van der Waals surface area contributed by atoms with Crippen LogP contribution in [0.4, 0.5) is 13.2 Å². The van der Waals surface area contributed by atoms with Gasteiger partial charge in [0.25, 0.3) is 0 Å². The van der Waals surface area contributed by atoms with E-state index in [2.05, 4.69) is 5.10 Å². The van der Waals surface area contributed by atoms with E-state index >= 15 is 0 Å². The molecule has 0 saturated heterocycles. The first-order chi connectivity index (χ1) is 9.49. The fraction of sp³-hybridized carbons (Fsp3) is 0.167. The van der Waals surface area contributed by atoms with Crippen LogP contribution in [-0.2, 0) is 11.3 Å². The average Bonchev–Trinajstić information content (AvgIpc) is 2.72. The van der Waals surface area contributed by atoms with Gasteiger partial charge in [-0.05, 0) is 0 Å². The normalized spacial score (nSPS) is 10.8. The molecule has 8 heteroatoms. The molecular formula is C12H8ClF3N2O2. The summed E-state index contributed by atoms with van der Waals surface area (Å²) in [5.41, 5.74) is 0.105. The lowest BCUT2D eigenvalue weighted by molar-refractivity contribution is 0.111. The van der Waals surface area contributed by atoms with Gasteiger partial charge in [-0.2, -0.15) is 5.10 Å². The van der Waals surface area contributed by atoms with E-state index in [4.69, 9.17) is 16.3 Å². The molecule has 0 amide bonds. The molecule has 20 heavy (non-hydrogen) atoms. The lowest BCUT2D eigenvalue weighted by Gasteiger charge is -2.04. The summed E-state index contributed by atoms with van der Waals surface area (Å²) in [5.74, 6) is -4.36. The molecule has 1 heterocycles. The maximum Gasteiger partial charge on any atom is 0.194 e. The Labute approximate surface area is 116 Å². The van der Waals surface area contributed by atoms with Crippen molar-refractivity contribution in [2.45, 2.75) is 6.61 Å². The van der Waals surface area contributed by atoms with Crippen LogP contribution in [0.2, 0.25) is 5.15 Å². The molecule has 0 atom stereocenters. The van der Waals surface area contributed by atoms with E-state index in [1.54, 1.807) is 0 Å². The number of hydrogen-bond acceptors (Lipinski definition) is 3. The third-order valence-corrected chi connectivity index (χ3v) is 2.92. The minimum absolute atomic E-state index is 0.00699. The molecule has 0 aliphatic heterocycles. The Morgan fingerprint density at radius 2 is 1.95 bits per heavy atom. The number of aldehydes is 1. The van der Waals surface area contributed by atoms with Gasteiger partial charge in [-0.3, -0.25) is 4.79 Å². The van der Waals surface area contributed by atoms with Gasteiger partial charge in [-0.1, -0.05) is 11.6 Å². The van der Waals surface area contributed by atoms with Gasteiger partial charge in [-0.15, -0.1) is 0 Å². The Kier molecular flexibility index (Phi) is 4.10. The maximum atomic E-state index is 13.2. The van der Waals surface area contributed by atoms with Crippen molar-refractivity contribution in [3.05, 3.63) is 46.0 Å². The van der Waals surface area contributed by atoms with Gasteiger partial charge in [0.2, 0.25) is 0 Å². The molecular weight excluding hydrogens is 297 g/mol. The molecule has 0 radical (unpaired) electrons. The number of nitrogens with zero attached hydrogens (tertiary/aromatic N) is 2. The van der Waals surface area contributed by atoms with Crippen molar-refractivity contribution in [3.8, 4) is 5.69 Å². The fourth-order valence-corrected chi connectivity index (χ4v) is 1.94. The van der Waals surface area contributed by atoms with E-state index in [-0.39, 0.29) is 28.7 Å². The molecule has 106 valence electrons. The molecule has 0 spiro atoms. The predicted molar refractivity (Wildman–Crippen MR) is 64.5 cm³/mol. The second kappa shape index (κ2) is 5.64. The van der Waals surface area contributed by atoms with Gasteiger partial charge in [0, 0.05) is 19.2 Å². The van der Waals surface area contributed by atoms with Crippen LogP contribution in [0, 0.1) is 17.5 Å². The van der Waals surface area contributed by atoms with Crippen molar-refractivity contribution in [3.63, 3.8) is 0 Å². The van der Waals surface area contributed by atoms with Crippen LogP contribution in [0.25, 0.3) is 5.69 Å². The van der Waals surface area contributed by atoms with Crippen LogP contribution in [0.3, 0.4) is 0 Å². The highest BCUT2D eigenvalue weighted by molar-refractivity contribution is 6.32. The molecule has 0 aliphatic carbocycles. The summed E-state index contributed by atoms with van der Waals surface area (Å²) >= 11 is 5.92. The van der Waals surface area contributed by atoms with Crippen molar-refractivity contribution >= 4 is 17.9 Å². The first kappa shape index (κ1) is 14.5. The highest BCUT2D eigenvalue weighted by Crippen LogP contribution is 2.25. The van der Waals surface area contributed by atoms with Gasteiger partial charge in [-0.25, -0.2) is 17.9 Å². The molecule has 2 rings (SSSR count). The predicted octanol–water partition coefficient (Wildman–Crippen LogP) is 2.90. The number of hydrogen-bond donors (Lipinski definition) is 0. The zero-order valence-corrected chi connectivity index (χ0v) is 10.9. The molecule has 1 aromatic carbocycles. The van der Waals surface area contributed by atoms with Crippen LogP contribution < -0.4 is 0 Å². The zero-order chi connectivity index (χ0) is 14.9. The van der Waals surface area contributed by atoms with E-state index in [9.17, 15) is 18.0 Å². The number of carbonyl (C=O) groups excluding carboxylic acids is 1. The second-order valence-corrected chi connectivity index (χ2v) is 4.20. The third-order valence-electron chi connectivity index (χ3n) is 2.55. The van der Waals surface area contributed by atoms with Crippen LogP contribution in [0.5, 0.6) is 0 Å². The third kappa shape index (κ3) is 2.41. The molecule has 0 N–H and O–H groups in total. The van der Waals surface area contributed by atoms with Gasteiger partial charge >= 0.3 is 0 Å². The Bertz CT molecular complexity index is 650. The first-order valence-electron chi connectivity index (χ1n) is 5.36. The molecule has 0 aliphatic rings. The van der Waals surface area contributed by atoms with E-state index in [1.807, 2.05) is 0 Å². The second-order valence-electron chi connectivity index (χ2n) is 3.84. The summed E-state index contributed by atoms with van der Waals surface area (Å²) in [6.45, 7) is -0.00699. The molecule has 0 fully saturated rings. The number of carbonyl (C=O) groups is 1. The monoisotopic (exact) mass is 304 g/mol. The molecule has 4 nitrogen and oxygen atoms in total. The van der Waals surface area contributed by atoms with Crippen molar-refractivity contribution in [2.24, 2.45) is 0 Å². The standard InChI is InChI=1S/C12H8ClF3N2O2/c1-20-5-10-7(4-19)12(13)18(17-10)6-2-8(14)11(16)9(15)3-6/h2-4H,5H2,1H3. The quantitative estimate of drug-likeness (QED) is 0.644. The lowest BCUT2D eigenvalue weighted by atomic mass is 10.2. The number of ether oxygens (including phenoxy) is 1. The van der Waals surface area contributed by atoms with Crippen LogP contribution in [0.15, 0.2) is 12.1 Å². The number of methoxy groups -OCH3 is 1. The summed E-state index contributed by atoms with van der Waals surface area (Å²) in [7, 11) is 1.39. The van der Waals surface area contributed by atoms with Crippen molar-refractivity contribution in [1.29, 1.82) is 0 Å². The van der Waals surface area contributed by atoms with E-state index in [0.29, 0.717) is 6.29 Å². The zero-order valence-electron chi connectivity index (χ0n) is 10.2. The molecule has 0 unspecified atom stereocenters. The Morgan fingerprint density at radius 3 is 2.45 bits per heavy atom. The highest BCUT2D eigenvalue weighted by atomic mass is 35.5. The lowest BCUT2D eigenvalue weighted by Crippen LogP contribution is -2.02. The fourth-order valence-electron chi connectivity index (χ4n) is 1.65. The van der Waals surface area contributed by atoms with E-state index in [0.717, 1.165) is 16.8 Å². The largest absolute Gasteiger partial charge is 0.378 e. The minimum atomic E-state index is -1.59. The molecule has 1 aromatic heterocycles. The number of aromatic nitrogens is 2. The van der Waals surface area contributed by atoms with Crippen molar-refractivity contribution in [2.75, 3.05) is 7.11 Å². The smallest absolute Gasteiger partial charge is 0.194 e. The topological polar surface area (TPSA) is 44.1 Å². The Balaban J connectivity index is 2.61. The first-order valence-corrected chi connectivity index (χ1v) is 5.73. The summed E-state index contributed by atoms with van der Waals surface area (Å²) in [5, 5.41) is 3.78. The van der Waals surface area contributed by atoms with Crippen molar-refractivity contribution in [1.82, 2.24) is 9.78 Å². The van der Waals surface area contributed by atoms with Crippen LogP contribution in [-0.4, -0.2) is 23.2 Å². The summed E-state index contributed by atoms with van der Waals surface area (Å²) in [6, 6.07) is 1.45. The van der Waals surface area contributed by atoms with Gasteiger partial charge in [0.05, 0.1) is 17.9 Å². The average molecular weight is 305 g/mol. The summed E-state index contributed by atoms with van der Waals surface area (Å²) in [4.78, 5) is 11.0. The van der Waals surface area contributed by atoms with Gasteiger partial charge in [0.1, 0.15) is 10.8 Å². The highest BCUT2D eigenvalue weighted by Gasteiger charge is 2.19. The van der Waals surface area contributed by atoms with Gasteiger partial charge < -0.3 is 4.74 Å². The molecule has 0 bridgehead atoms. The molecule has 0 saturated carbocycles. The number of benzene rings is 1. The Hall–Kier alpha value is -1.86. The van der Waals surface area contributed by atoms with Gasteiger partial charge in [0.15, 0.2) is 23.7 Å². The minimum Gasteiger partial charge on any atom is -0.378 e. The summed E-state index contributed by atoms with van der Waals surface area (Å²) in [6.07, 6.45) is 0.455. The summed E-state index contributed by atoms with van der Waals surface area (Å²) < 4.78 is 45.1.